The highest BCUT2D eigenvalue weighted by molar-refractivity contribution is 5.75. The number of carbonyl (C=O) groups excluding carboxylic acids is 1. The minimum Gasteiger partial charge on any atom is -0.381 e. The highest BCUT2D eigenvalue weighted by Crippen LogP contribution is 2.05. The molecular formula is C9H19NO2. The van der Waals surface area contributed by atoms with E-state index in [2.05, 4.69) is 6.92 Å². The molecular weight excluding hydrogens is 154 g/mol. The topological polar surface area (TPSA) is 29.5 Å². The Morgan fingerprint density at radius 1 is 1.50 bits per heavy atom. The zero-order valence-corrected chi connectivity index (χ0v) is 8.46. The molecule has 3 nitrogen and oxygen atoms in total. The summed E-state index contributed by atoms with van der Waals surface area (Å²) < 4.78 is 5.16. The fourth-order valence-corrected chi connectivity index (χ4v) is 0.997. The molecule has 0 saturated heterocycles. The van der Waals surface area contributed by atoms with Gasteiger partial charge >= 0.3 is 0 Å². The Bertz CT molecular complexity index is 130. The molecule has 12 heavy (non-hydrogen) atoms. The van der Waals surface area contributed by atoms with Gasteiger partial charge in [0.05, 0.1) is 6.10 Å². The lowest BCUT2D eigenvalue weighted by Gasteiger charge is -2.14. The molecule has 3 heteroatoms. The molecule has 72 valence electrons. The van der Waals surface area contributed by atoms with Gasteiger partial charge in [0.1, 0.15) is 0 Å². The van der Waals surface area contributed by atoms with Gasteiger partial charge in [-0.25, -0.2) is 0 Å². The standard InChI is InChI=1S/C9H19NO2/c1-5-8(12-4)6-7-9(11)10(2)3/h8H,5-7H2,1-4H3. The fourth-order valence-electron chi connectivity index (χ4n) is 0.997. The van der Waals surface area contributed by atoms with Gasteiger partial charge in [0.15, 0.2) is 0 Å². The Morgan fingerprint density at radius 3 is 2.42 bits per heavy atom. The van der Waals surface area contributed by atoms with Crippen molar-refractivity contribution in [3.8, 4) is 0 Å². The first-order valence-corrected chi connectivity index (χ1v) is 4.34. The summed E-state index contributed by atoms with van der Waals surface area (Å²) in [5, 5.41) is 0. The Balaban J connectivity index is 3.59. The Morgan fingerprint density at radius 2 is 2.08 bits per heavy atom. The number of carbonyl (C=O) groups is 1. The summed E-state index contributed by atoms with van der Waals surface area (Å²) in [6.07, 6.45) is 2.61. The van der Waals surface area contributed by atoms with E-state index >= 15 is 0 Å². The molecule has 0 aliphatic carbocycles. The van der Waals surface area contributed by atoms with Crippen LogP contribution in [0.1, 0.15) is 26.2 Å². The molecule has 0 radical (unpaired) electrons. The molecule has 0 bridgehead atoms. The molecule has 0 heterocycles. The summed E-state index contributed by atoms with van der Waals surface area (Å²) in [5.74, 6) is 0.172. The van der Waals surface area contributed by atoms with E-state index in [0.717, 1.165) is 12.8 Å². The summed E-state index contributed by atoms with van der Waals surface area (Å²) in [6, 6.07) is 0. The second-order valence-corrected chi connectivity index (χ2v) is 3.09. The van der Waals surface area contributed by atoms with Gasteiger partial charge in [-0.1, -0.05) is 6.92 Å². The average molecular weight is 173 g/mol. The third-order valence-electron chi connectivity index (χ3n) is 1.97. The number of nitrogens with zero attached hydrogens (tertiary/aromatic N) is 1. The van der Waals surface area contributed by atoms with E-state index in [1.807, 2.05) is 0 Å². The monoisotopic (exact) mass is 173 g/mol. The lowest BCUT2D eigenvalue weighted by atomic mass is 10.1. The first kappa shape index (κ1) is 11.4. The van der Waals surface area contributed by atoms with E-state index < -0.39 is 0 Å². The molecule has 0 aliphatic rings. The van der Waals surface area contributed by atoms with Crippen molar-refractivity contribution in [2.75, 3.05) is 21.2 Å². The van der Waals surface area contributed by atoms with Gasteiger partial charge in [-0.15, -0.1) is 0 Å². The Kier molecular flexibility index (Phi) is 5.72. The fraction of sp³-hybridized carbons (Fsp3) is 0.889. The zero-order valence-electron chi connectivity index (χ0n) is 8.46. The van der Waals surface area contributed by atoms with Crippen molar-refractivity contribution in [3.63, 3.8) is 0 Å². The van der Waals surface area contributed by atoms with Gasteiger partial charge in [0.2, 0.25) is 5.91 Å². The molecule has 1 amide bonds. The highest BCUT2D eigenvalue weighted by Gasteiger charge is 2.09. The van der Waals surface area contributed by atoms with Crippen LogP contribution in [-0.2, 0) is 9.53 Å². The molecule has 0 aliphatic heterocycles. The summed E-state index contributed by atoms with van der Waals surface area (Å²) in [4.78, 5) is 12.8. The smallest absolute Gasteiger partial charge is 0.222 e. The van der Waals surface area contributed by atoms with Crippen LogP contribution in [0.2, 0.25) is 0 Å². The van der Waals surface area contributed by atoms with E-state index in [1.165, 1.54) is 0 Å². The maximum absolute atomic E-state index is 11.1. The molecule has 0 aromatic heterocycles. The van der Waals surface area contributed by atoms with E-state index in [0.29, 0.717) is 6.42 Å². The number of ether oxygens (including phenoxy) is 1. The van der Waals surface area contributed by atoms with Crippen molar-refractivity contribution >= 4 is 5.91 Å². The quantitative estimate of drug-likeness (QED) is 0.626. The van der Waals surface area contributed by atoms with Gasteiger partial charge in [-0.3, -0.25) is 4.79 Å². The number of methoxy groups -OCH3 is 1. The lowest BCUT2D eigenvalue weighted by molar-refractivity contribution is -0.129. The van der Waals surface area contributed by atoms with Crippen LogP contribution in [0, 0.1) is 0 Å². The molecule has 0 rings (SSSR count). The third kappa shape index (κ3) is 4.34. The molecule has 0 spiro atoms. The maximum Gasteiger partial charge on any atom is 0.222 e. The number of hydrogen-bond acceptors (Lipinski definition) is 2. The van der Waals surface area contributed by atoms with Crippen molar-refractivity contribution in [2.45, 2.75) is 32.3 Å². The van der Waals surface area contributed by atoms with Crippen molar-refractivity contribution in [3.05, 3.63) is 0 Å². The SMILES string of the molecule is CCC(CCC(=O)N(C)C)OC. The summed E-state index contributed by atoms with van der Waals surface area (Å²) in [6.45, 7) is 2.06. The summed E-state index contributed by atoms with van der Waals surface area (Å²) in [7, 11) is 5.24. The third-order valence-corrected chi connectivity index (χ3v) is 1.97. The first-order valence-electron chi connectivity index (χ1n) is 4.34. The van der Waals surface area contributed by atoms with Crippen molar-refractivity contribution in [2.24, 2.45) is 0 Å². The molecule has 0 N–H and O–H groups in total. The van der Waals surface area contributed by atoms with Gasteiger partial charge in [0, 0.05) is 27.6 Å². The number of hydrogen-bond donors (Lipinski definition) is 0. The maximum atomic E-state index is 11.1. The number of amides is 1. The predicted molar refractivity (Wildman–Crippen MR) is 49.0 cm³/mol. The van der Waals surface area contributed by atoms with E-state index in [-0.39, 0.29) is 12.0 Å². The molecule has 1 atom stereocenters. The second kappa shape index (κ2) is 6.00. The minimum absolute atomic E-state index is 0.172. The molecule has 0 aromatic rings. The van der Waals surface area contributed by atoms with Gasteiger partial charge < -0.3 is 9.64 Å². The minimum atomic E-state index is 0.172. The lowest BCUT2D eigenvalue weighted by Crippen LogP contribution is -2.23. The highest BCUT2D eigenvalue weighted by atomic mass is 16.5. The van der Waals surface area contributed by atoms with E-state index in [1.54, 1.807) is 26.1 Å². The first-order chi connectivity index (χ1) is 5.61. The molecule has 0 aromatic carbocycles. The van der Waals surface area contributed by atoms with Crippen LogP contribution in [0.25, 0.3) is 0 Å². The van der Waals surface area contributed by atoms with Crippen LogP contribution in [0.3, 0.4) is 0 Å². The van der Waals surface area contributed by atoms with E-state index in [9.17, 15) is 4.79 Å². The van der Waals surface area contributed by atoms with Gasteiger partial charge in [-0.2, -0.15) is 0 Å². The largest absolute Gasteiger partial charge is 0.381 e. The zero-order chi connectivity index (χ0) is 9.56. The predicted octanol–water partition coefficient (Wildman–Crippen LogP) is 1.28. The van der Waals surface area contributed by atoms with Crippen LogP contribution in [0.15, 0.2) is 0 Å². The summed E-state index contributed by atoms with van der Waals surface area (Å²) in [5.41, 5.74) is 0. The number of rotatable bonds is 5. The Labute approximate surface area is 74.7 Å². The van der Waals surface area contributed by atoms with Crippen LogP contribution in [0.5, 0.6) is 0 Å². The second-order valence-electron chi connectivity index (χ2n) is 3.09. The summed E-state index contributed by atoms with van der Waals surface area (Å²) >= 11 is 0. The van der Waals surface area contributed by atoms with Crippen molar-refractivity contribution in [1.82, 2.24) is 4.90 Å². The molecule has 0 saturated carbocycles. The average Bonchev–Trinajstić information content (AvgIpc) is 2.05. The van der Waals surface area contributed by atoms with Crippen molar-refractivity contribution < 1.29 is 9.53 Å². The molecule has 0 fully saturated rings. The van der Waals surface area contributed by atoms with Gasteiger partial charge in [-0.05, 0) is 12.8 Å². The van der Waals surface area contributed by atoms with Crippen LogP contribution in [0.4, 0.5) is 0 Å². The van der Waals surface area contributed by atoms with Crippen LogP contribution >= 0.6 is 0 Å². The van der Waals surface area contributed by atoms with E-state index in [4.69, 9.17) is 4.74 Å². The molecule has 1 unspecified atom stereocenters. The van der Waals surface area contributed by atoms with Crippen LogP contribution < -0.4 is 0 Å². The normalized spacial score (nSPS) is 12.7. The van der Waals surface area contributed by atoms with Gasteiger partial charge in [0.25, 0.3) is 0 Å². The van der Waals surface area contributed by atoms with Crippen LogP contribution in [-0.4, -0.2) is 38.1 Å². The Hall–Kier alpha value is -0.570. The van der Waals surface area contributed by atoms with Crippen molar-refractivity contribution in [1.29, 1.82) is 0 Å².